The predicted octanol–water partition coefficient (Wildman–Crippen LogP) is 4.39. The van der Waals surface area contributed by atoms with E-state index in [1.54, 1.807) is 35.7 Å². The topological polar surface area (TPSA) is 49.4 Å². The zero-order valence-corrected chi connectivity index (χ0v) is 17.9. The Balaban J connectivity index is 1.97. The van der Waals surface area contributed by atoms with Gasteiger partial charge < -0.3 is 10.2 Å². The second kappa shape index (κ2) is 12.3. The molecule has 29 heavy (non-hydrogen) atoms. The van der Waals surface area contributed by atoms with Gasteiger partial charge in [0.15, 0.2) is 0 Å². The molecule has 0 unspecified atom stereocenters. The quantitative estimate of drug-likeness (QED) is 0.553. The first-order valence-electron chi connectivity index (χ1n) is 9.94. The van der Waals surface area contributed by atoms with Crippen molar-refractivity contribution in [2.24, 2.45) is 0 Å². The molecule has 0 radical (unpaired) electrons. The van der Waals surface area contributed by atoms with Gasteiger partial charge in [0.2, 0.25) is 11.8 Å². The number of nitrogens with one attached hydrogen (secondary N) is 1. The van der Waals surface area contributed by atoms with Crippen molar-refractivity contribution in [2.75, 3.05) is 12.3 Å². The Labute approximate surface area is 176 Å². The first-order chi connectivity index (χ1) is 14.0. The number of carbonyl (C=O) groups excluding carboxylic acids is 2. The fourth-order valence-corrected chi connectivity index (χ4v) is 3.72. The molecule has 1 N–H and O–H groups in total. The van der Waals surface area contributed by atoms with Crippen molar-refractivity contribution in [3.05, 3.63) is 71.5 Å². The van der Waals surface area contributed by atoms with Crippen LogP contribution in [0, 0.1) is 5.82 Å². The minimum Gasteiger partial charge on any atom is -0.354 e. The van der Waals surface area contributed by atoms with Gasteiger partial charge in [-0.15, -0.1) is 0 Å². The van der Waals surface area contributed by atoms with Crippen molar-refractivity contribution < 1.29 is 14.0 Å². The van der Waals surface area contributed by atoms with Gasteiger partial charge in [0, 0.05) is 31.0 Å². The highest BCUT2D eigenvalue weighted by atomic mass is 32.2. The molecule has 0 bridgehead atoms. The van der Waals surface area contributed by atoms with Crippen LogP contribution in [0.1, 0.15) is 37.8 Å². The normalized spacial score (nSPS) is 11.7. The second-order valence-corrected chi connectivity index (χ2v) is 8.01. The number of hydrogen-bond donors (Lipinski definition) is 1. The second-order valence-electron chi connectivity index (χ2n) is 6.90. The van der Waals surface area contributed by atoms with Crippen molar-refractivity contribution in [1.29, 1.82) is 0 Å². The van der Waals surface area contributed by atoms with Crippen LogP contribution in [0.15, 0.2) is 54.6 Å². The van der Waals surface area contributed by atoms with Gasteiger partial charge in [-0.1, -0.05) is 49.4 Å². The van der Waals surface area contributed by atoms with Crippen LogP contribution in [-0.2, 0) is 21.9 Å². The molecule has 0 aromatic heterocycles. The van der Waals surface area contributed by atoms with E-state index in [1.807, 2.05) is 25.1 Å². The molecule has 1 atom stereocenters. The lowest BCUT2D eigenvalue weighted by molar-refractivity contribution is -0.140. The van der Waals surface area contributed by atoms with Crippen LogP contribution in [0.5, 0.6) is 0 Å². The van der Waals surface area contributed by atoms with Crippen LogP contribution in [0.25, 0.3) is 0 Å². The lowest BCUT2D eigenvalue weighted by Gasteiger charge is -2.29. The number of thioether (sulfide) groups is 1. The number of rotatable bonds is 11. The number of halogens is 1. The highest BCUT2D eigenvalue weighted by Crippen LogP contribution is 2.16. The minimum atomic E-state index is -0.585. The average molecular weight is 417 g/mol. The zero-order valence-electron chi connectivity index (χ0n) is 17.1. The molecule has 6 heteroatoms. The molecule has 2 aromatic carbocycles. The standard InChI is InChI=1S/C23H29FN2O2S/c1-3-14-25-23(28)18(2)26(16-19-9-11-21(24)12-10-19)22(27)13-15-29-17-20-7-5-4-6-8-20/h4-12,18H,3,13-17H2,1-2H3,(H,25,28)/t18-/m0/s1. The van der Waals surface area contributed by atoms with Crippen molar-refractivity contribution >= 4 is 23.6 Å². The van der Waals surface area contributed by atoms with Gasteiger partial charge in [-0.25, -0.2) is 4.39 Å². The van der Waals surface area contributed by atoms with E-state index in [0.29, 0.717) is 18.7 Å². The van der Waals surface area contributed by atoms with Crippen molar-refractivity contribution in [3.63, 3.8) is 0 Å². The van der Waals surface area contributed by atoms with Gasteiger partial charge in [-0.2, -0.15) is 11.8 Å². The molecule has 0 saturated heterocycles. The molecule has 0 aliphatic carbocycles. The highest BCUT2D eigenvalue weighted by molar-refractivity contribution is 7.98. The number of nitrogens with zero attached hydrogens (tertiary/aromatic N) is 1. The zero-order chi connectivity index (χ0) is 21.1. The van der Waals surface area contributed by atoms with Gasteiger partial charge in [0.1, 0.15) is 11.9 Å². The molecule has 0 fully saturated rings. The SMILES string of the molecule is CCCNC(=O)[C@H](C)N(Cc1ccc(F)cc1)C(=O)CCSCc1ccccc1. The summed E-state index contributed by atoms with van der Waals surface area (Å²) in [7, 11) is 0. The van der Waals surface area contributed by atoms with Crippen LogP contribution in [0.4, 0.5) is 4.39 Å². The fourth-order valence-electron chi connectivity index (χ4n) is 2.83. The molecule has 2 amide bonds. The Morgan fingerprint density at radius 3 is 2.41 bits per heavy atom. The molecule has 0 heterocycles. The number of hydrogen-bond acceptors (Lipinski definition) is 3. The maximum absolute atomic E-state index is 13.2. The number of benzene rings is 2. The van der Waals surface area contributed by atoms with E-state index < -0.39 is 6.04 Å². The van der Waals surface area contributed by atoms with Crippen molar-refractivity contribution in [3.8, 4) is 0 Å². The first kappa shape index (κ1) is 22.9. The summed E-state index contributed by atoms with van der Waals surface area (Å²) in [6.45, 7) is 4.58. The molecular weight excluding hydrogens is 387 g/mol. The molecule has 2 aromatic rings. The highest BCUT2D eigenvalue weighted by Gasteiger charge is 2.25. The van der Waals surface area contributed by atoms with E-state index in [9.17, 15) is 14.0 Å². The van der Waals surface area contributed by atoms with E-state index in [2.05, 4.69) is 17.4 Å². The molecule has 156 valence electrons. The van der Waals surface area contributed by atoms with Gasteiger partial charge in [-0.3, -0.25) is 9.59 Å². The Morgan fingerprint density at radius 2 is 1.76 bits per heavy atom. The largest absolute Gasteiger partial charge is 0.354 e. The van der Waals surface area contributed by atoms with Crippen LogP contribution in [0.2, 0.25) is 0 Å². The Morgan fingerprint density at radius 1 is 1.07 bits per heavy atom. The van der Waals surface area contributed by atoms with Gasteiger partial charge in [0.25, 0.3) is 0 Å². The minimum absolute atomic E-state index is 0.0750. The van der Waals surface area contributed by atoms with Gasteiger partial charge in [0.05, 0.1) is 0 Å². The molecule has 0 saturated carbocycles. The third kappa shape index (κ3) is 7.89. The summed E-state index contributed by atoms with van der Waals surface area (Å²) in [5, 5.41) is 2.85. The van der Waals surface area contributed by atoms with Crippen LogP contribution in [0.3, 0.4) is 0 Å². The summed E-state index contributed by atoms with van der Waals surface area (Å²) in [6.07, 6.45) is 1.19. The lowest BCUT2D eigenvalue weighted by atomic mass is 10.1. The first-order valence-corrected chi connectivity index (χ1v) is 11.1. The van der Waals surface area contributed by atoms with E-state index in [4.69, 9.17) is 0 Å². The monoisotopic (exact) mass is 416 g/mol. The van der Waals surface area contributed by atoms with Crippen LogP contribution in [-0.4, -0.2) is 35.1 Å². The Kier molecular flexibility index (Phi) is 9.71. The molecular formula is C23H29FN2O2S. The van der Waals surface area contributed by atoms with Crippen molar-refractivity contribution in [2.45, 2.75) is 45.0 Å². The number of carbonyl (C=O) groups is 2. The van der Waals surface area contributed by atoms with Gasteiger partial charge in [-0.05, 0) is 36.6 Å². The lowest BCUT2D eigenvalue weighted by Crippen LogP contribution is -2.47. The predicted molar refractivity (Wildman–Crippen MR) is 117 cm³/mol. The van der Waals surface area contributed by atoms with E-state index >= 15 is 0 Å². The molecule has 0 aliphatic rings. The average Bonchev–Trinajstić information content (AvgIpc) is 2.74. The summed E-state index contributed by atoms with van der Waals surface area (Å²) in [6, 6.07) is 15.6. The van der Waals surface area contributed by atoms with Crippen LogP contribution >= 0.6 is 11.8 Å². The molecule has 0 spiro atoms. The summed E-state index contributed by atoms with van der Waals surface area (Å²) in [4.78, 5) is 26.9. The molecule has 4 nitrogen and oxygen atoms in total. The smallest absolute Gasteiger partial charge is 0.242 e. The fraction of sp³-hybridized carbons (Fsp3) is 0.391. The molecule has 2 rings (SSSR count). The van der Waals surface area contributed by atoms with Gasteiger partial charge >= 0.3 is 0 Å². The maximum atomic E-state index is 13.2. The summed E-state index contributed by atoms with van der Waals surface area (Å²) >= 11 is 1.70. The van der Waals surface area contributed by atoms with Crippen molar-refractivity contribution in [1.82, 2.24) is 10.2 Å². The maximum Gasteiger partial charge on any atom is 0.242 e. The third-order valence-corrected chi connectivity index (χ3v) is 5.58. The third-order valence-electron chi connectivity index (χ3n) is 4.55. The summed E-state index contributed by atoms with van der Waals surface area (Å²) in [5.41, 5.74) is 2.02. The Hall–Kier alpha value is -2.34. The molecule has 0 aliphatic heterocycles. The number of amides is 2. The summed E-state index contributed by atoms with van der Waals surface area (Å²) < 4.78 is 13.2. The van der Waals surface area contributed by atoms with E-state index in [-0.39, 0.29) is 24.2 Å². The van der Waals surface area contributed by atoms with E-state index in [0.717, 1.165) is 17.7 Å². The Bertz CT molecular complexity index is 768. The summed E-state index contributed by atoms with van der Waals surface area (Å²) in [5.74, 6) is 0.959. The van der Waals surface area contributed by atoms with Crippen LogP contribution < -0.4 is 5.32 Å². The van der Waals surface area contributed by atoms with E-state index in [1.165, 1.54) is 17.7 Å².